The minimum atomic E-state index is -1.19. The molecule has 0 aliphatic heterocycles. The van der Waals surface area contributed by atoms with Crippen molar-refractivity contribution in [1.29, 1.82) is 0 Å². The van der Waals surface area contributed by atoms with Gasteiger partial charge in [0, 0.05) is 0 Å². The summed E-state index contributed by atoms with van der Waals surface area (Å²) >= 11 is 0. The molecule has 0 aromatic carbocycles. The zero-order valence-corrected chi connectivity index (χ0v) is 9.83. The van der Waals surface area contributed by atoms with Crippen LogP contribution in [0.4, 0.5) is 0 Å². The molecule has 1 aromatic heterocycles. The minimum absolute atomic E-state index is 0.811. The highest BCUT2D eigenvalue weighted by Gasteiger charge is 2.07. The number of hydrogen-bond donors (Lipinski definition) is 0. The largest absolute Gasteiger partial charge is 0.244 e. The molecule has 2 nitrogen and oxygen atoms in total. The number of hydrogen-bond acceptors (Lipinski definition) is 0. The van der Waals surface area contributed by atoms with Crippen molar-refractivity contribution >= 4 is 8.07 Å². The van der Waals surface area contributed by atoms with Gasteiger partial charge in [-0.2, -0.15) is 0 Å². The molecule has 70 valence electrons. The van der Waals surface area contributed by atoms with Gasteiger partial charge in [0.05, 0.1) is 7.05 Å². The molecule has 3 heteroatoms. The Morgan fingerprint density at radius 3 is 2.54 bits per heavy atom. The predicted octanol–water partition coefficient (Wildman–Crippen LogP) is 1.19. The Bertz CT molecular complexity index is 336. The van der Waals surface area contributed by atoms with Crippen LogP contribution in [-0.2, 0) is 13.6 Å². The minimum Gasteiger partial charge on any atom is -0.240 e. The van der Waals surface area contributed by atoms with E-state index in [1.165, 1.54) is 0 Å². The van der Waals surface area contributed by atoms with Crippen molar-refractivity contribution in [3.8, 4) is 11.5 Å². The van der Waals surface area contributed by atoms with Crippen molar-refractivity contribution < 1.29 is 4.57 Å². The van der Waals surface area contributed by atoms with Crippen LogP contribution in [0.5, 0.6) is 0 Å². The van der Waals surface area contributed by atoms with E-state index in [2.05, 4.69) is 35.7 Å². The molecule has 0 saturated heterocycles. The maximum absolute atomic E-state index is 3.34. The first-order valence-electron chi connectivity index (χ1n) is 4.48. The van der Waals surface area contributed by atoms with E-state index in [9.17, 15) is 0 Å². The van der Waals surface area contributed by atoms with Crippen LogP contribution in [0.1, 0.15) is 0 Å². The van der Waals surface area contributed by atoms with Gasteiger partial charge in [0.1, 0.15) is 20.5 Å². The van der Waals surface area contributed by atoms with Crippen LogP contribution in [0, 0.1) is 11.5 Å². The topological polar surface area (TPSA) is 8.81 Å². The van der Waals surface area contributed by atoms with Crippen LogP contribution < -0.4 is 4.57 Å². The highest BCUT2D eigenvalue weighted by molar-refractivity contribution is 6.83. The van der Waals surface area contributed by atoms with Gasteiger partial charge in [-0.05, 0) is 0 Å². The lowest BCUT2D eigenvalue weighted by molar-refractivity contribution is -0.671. The Morgan fingerprint density at radius 1 is 1.38 bits per heavy atom. The third-order valence-electron chi connectivity index (χ3n) is 1.55. The zero-order chi connectivity index (χ0) is 9.90. The Hall–Kier alpha value is -1.01. The van der Waals surface area contributed by atoms with Crippen molar-refractivity contribution in [3.63, 3.8) is 0 Å². The fourth-order valence-electron chi connectivity index (χ4n) is 0.991. The molecular weight excluding hydrogens is 176 g/mol. The second-order valence-corrected chi connectivity index (χ2v) is 9.05. The molecule has 0 bridgehead atoms. The molecule has 0 saturated carbocycles. The number of imidazole rings is 1. The van der Waals surface area contributed by atoms with Gasteiger partial charge in [0.25, 0.3) is 0 Å². The van der Waals surface area contributed by atoms with Crippen molar-refractivity contribution in [2.45, 2.75) is 26.2 Å². The van der Waals surface area contributed by atoms with Crippen molar-refractivity contribution in [2.24, 2.45) is 7.05 Å². The van der Waals surface area contributed by atoms with E-state index in [0.29, 0.717) is 0 Å². The molecule has 0 radical (unpaired) electrons. The zero-order valence-electron chi connectivity index (χ0n) is 8.83. The van der Waals surface area contributed by atoms with E-state index in [1.54, 1.807) is 0 Å². The third kappa shape index (κ3) is 3.95. The SMILES string of the molecule is C[n+]1ccn(CC#C[Si](C)(C)C)c1. The first-order valence-corrected chi connectivity index (χ1v) is 7.98. The van der Waals surface area contributed by atoms with Crippen LogP contribution in [-0.4, -0.2) is 12.6 Å². The van der Waals surface area contributed by atoms with Crippen LogP contribution in [0.25, 0.3) is 0 Å². The van der Waals surface area contributed by atoms with Gasteiger partial charge in [-0.15, -0.1) is 5.54 Å². The van der Waals surface area contributed by atoms with E-state index in [4.69, 9.17) is 0 Å². The van der Waals surface area contributed by atoms with Gasteiger partial charge < -0.3 is 0 Å². The van der Waals surface area contributed by atoms with Gasteiger partial charge in [0.2, 0.25) is 6.33 Å². The highest BCUT2D eigenvalue weighted by Crippen LogP contribution is 1.96. The molecule has 0 N–H and O–H groups in total. The molecule has 1 heterocycles. The van der Waals surface area contributed by atoms with Crippen LogP contribution in [0.2, 0.25) is 19.6 Å². The van der Waals surface area contributed by atoms with E-state index < -0.39 is 8.07 Å². The number of aryl methyl sites for hydroxylation is 1. The Balaban J connectivity index is 2.55. The monoisotopic (exact) mass is 193 g/mol. The molecule has 0 aliphatic carbocycles. The molecule has 0 atom stereocenters. The third-order valence-corrected chi connectivity index (χ3v) is 2.48. The summed E-state index contributed by atoms with van der Waals surface area (Å²) in [6.07, 6.45) is 6.11. The molecule has 1 aromatic rings. The average Bonchev–Trinajstić information content (AvgIpc) is 2.33. The smallest absolute Gasteiger partial charge is 0.240 e. The maximum atomic E-state index is 3.34. The van der Waals surface area contributed by atoms with E-state index in [0.717, 1.165) is 6.54 Å². The van der Waals surface area contributed by atoms with Gasteiger partial charge in [-0.25, -0.2) is 9.13 Å². The molecule has 0 spiro atoms. The predicted molar refractivity (Wildman–Crippen MR) is 56.7 cm³/mol. The molecular formula is C10H17N2Si+. The molecule has 13 heavy (non-hydrogen) atoms. The highest BCUT2D eigenvalue weighted by atomic mass is 28.3. The lowest BCUT2D eigenvalue weighted by Crippen LogP contribution is -2.23. The second-order valence-electron chi connectivity index (χ2n) is 4.30. The maximum Gasteiger partial charge on any atom is 0.244 e. The van der Waals surface area contributed by atoms with Crippen LogP contribution in [0.3, 0.4) is 0 Å². The molecule has 1 rings (SSSR count). The van der Waals surface area contributed by atoms with Crippen molar-refractivity contribution in [2.75, 3.05) is 0 Å². The normalized spacial score (nSPS) is 10.8. The number of nitrogens with zero attached hydrogens (tertiary/aromatic N) is 2. The summed E-state index contributed by atoms with van der Waals surface area (Å²) in [5, 5.41) is 0. The number of aromatic nitrogens is 2. The molecule has 0 amide bonds. The fourth-order valence-corrected chi connectivity index (χ4v) is 1.60. The Morgan fingerprint density at radius 2 is 2.08 bits per heavy atom. The van der Waals surface area contributed by atoms with Gasteiger partial charge in [-0.1, -0.05) is 25.6 Å². The standard InChI is InChI=1S/C10H17N2Si/c1-11-7-8-12(10-11)6-5-9-13(2,3)4/h7-8,10H,6H2,1-4H3/q+1. The fraction of sp³-hybridized carbons (Fsp3) is 0.500. The first kappa shape index (κ1) is 10.1. The second kappa shape index (κ2) is 3.80. The summed E-state index contributed by atoms with van der Waals surface area (Å²) in [4.78, 5) is 0. The van der Waals surface area contributed by atoms with Gasteiger partial charge in [0.15, 0.2) is 6.54 Å². The first-order chi connectivity index (χ1) is 5.97. The Kier molecular flexibility index (Phi) is 2.94. The average molecular weight is 193 g/mol. The van der Waals surface area contributed by atoms with E-state index in [1.807, 2.05) is 30.3 Å². The summed E-state index contributed by atoms with van der Waals surface area (Å²) < 4.78 is 4.11. The molecule has 0 fully saturated rings. The van der Waals surface area contributed by atoms with Crippen molar-refractivity contribution in [3.05, 3.63) is 18.7 Å². The molecule has 0 aliphatic rings. The summed E-state index contributed by atoms with van der Waals surface area (Å²) in [5.41, 5.74) is 3.34. The summed E-state index contributed by atoms with van der Waals surface area (Å²) in [5.74, 6) is 3.22. The van der Waals surface area contributed by atoms with E-state index >= 15 is 0 Å². The number of rotatable bonds is 1. The summed E-state index contributed by atoms with van der Waals surface area (Å²) in [6.45, 7) is 7.59. The summed E-state index contributed by atoms with van der Waals surface area (Å²) in [6, 6.07) is 0. The van der Waals surface area contributed by atoms with Crippen molar-refractivity contribution in [1.82, 2.24) is 4.57 Å². The molecule has 0 unspecified atom stereocenters. The van der Waals surface area contributed by atoms with Crippen LogP contribution in [0.15, 0.2) is 18.7 Å². The lowest BCUT2D eigenvalue weighted by atomic mass is 10.6. The quantitative estimate of drug-likeness (QED) is 0.360. The van der Waals surface area contributed by atoms with Gasteiger partial charge >= 0.3 is 0 Å². The van der Waals surface area contributed by atoms with E-state index in [-0.39, 0.29) is 0 Å². The Labute approximate surface area is 81.2 Å². The van der Waals surface area contributed by atoms with Crippen LogP contribution >= 0.6 is 0 Å². The van der Waals surface area contributed by atoms with Gasteiger partial charge in [-0.3, -0.25) is 0 Å². The summed E-state index contributed by atoms with van der Waals surface area (Å²) in [7, 11) is 0.831. The lowest BCUT2D eigenvalue weighted by Gasteiger charge is -2.02.